The molecule has 24 heavy (non-hydrogen) atoms. The van der Waals surface area contributed by atoms with E-state index in [9.17, 15) is 4.39 Å². The van der Waals surface area contributed by atoms with Crippen LogP contribution in [0.5, 0.6) is 5.75 Å². The van der Waals surface area contributed by atoms with Crippen molar-refractivity contribution in [3.63, 3.8) is 0 Å². The molecule has 0 aromatic heterocycles. The number of anilines is 2. The Kier molecular flexibility index (Phi) is 7.76. The third-order valence-electron chi connectivity index (χ3n) is 3.30. The van der Waals surface area contributed by atoms with Crippen molar-refractivity contribution in [3.05, 3.63) is 53.8 Å². The van der Waals surface area contributed by atoms with Gasteiger partial charge in [-0.1, -0.05) is 18.2 Å². The number of nitrogens with one attached hydrogen (secondary N) is 1. The second-order valence-corrected chi connectivity index (χ2v) is 5.21. The van der Waals surface area contributed by atoms with Crippen molar-refractivity contribution in [1.82, 2.24) is 0 Å². The first-order chi connectivity index (χ1) is 11.0. The summed E-state index contributed by atoms with van der Waals surface area (Å²) in [6, 6.07) is 12.4. The predicted octanol–water partition coefficient (Wildman–Crippen LogP) is 3.45. The summed E-state index contributed by atoms with van der Waals surface area (Å²) in [4.78, 5) is 5.95. The highest BCUT2D eigenvalue weighted by Crippen LogP contribution is 2.23. The number of halogens is 2. The van der Waals surface area contributed by atoms with Gasteiger partial charge in [-0.15, -0.1) is 24.0 Å². The molecule has 3 N–H and O–H groups in total. The van der Waals surface area contributed by atoms with Crippen molar-refractivity contribution in [1.29, 1.82) is 0 Å². The van der Waals surface area contributed by atoms with Crippen LogP contribution < -0.4 is 20.7 Å². The first kappa shape index (κ1) is 20.0. The largest absolute Gasteiger partial charge is 0.495 e. The lowest BCUT2D eigenvalue weighted by Crippen LogP contribution is -2.23. The molecule has 0 atom stereocenters. The lowest BCUT2D eigenvalue weighted by molar-refractivity contribution is 0.417. The number of methoxy groups -OCH3 is 1. The second-order valence-electron chi connectivity index (χ2n) is 5.21. The van der Waals surface area contributed by atoms with Gasteiger partial charge in [0.2, 0.25) is 0 Å². The molecular formula is C17H22FIN4O. The molecule has 0 bridgehead atoms. The van der Waals surface area contributed by atoms with Crippen LogP contribution in [0.1, 0.15) is 5.56 Å². The molecule has 7 heteroatoms. The van der Waals surface area contributed by atoms with Crippen molar-refractivity contribution in [3.8, 4) is 5.75 Å². The Morgan fingerprint density at radius 2 is 1.96 bits per heavy atom. The van der Waals surface area contributed by atoms with E-state index in [4.69, 9.17) is 10.5 Å². The van der Waals surface area contributed by atoms with Crippen LogP contribution in [0.25, 0.3) is 0 Å². The molecule has 0 saturated heterocycles. The van der Waals surface area contributed by atoms with Crippen LogP contribution in [0.4, 0.5) is 15.8 Å². The number of para-hydroxylation sites is 2. The molecule has 0 heterocycles. The minimum absolute atomic E-state index is 0. The van der Waals surface area contributed by atoms with Gasteiger partial charge in [0.25, 0.3) is 0 Å². The third-order valence-corrected chi connectivity index (χ3v) is 3.30. The van der Waals surface area contributed by atoms with Crippen molar-refractivity contribution >= 4 is 41.3 Å². The highest BCUT2D eigenvalue weighted by atomic mass is 127. The smallest absolute Gasteiger partial charge is 0.193 e. The van der Waals surface area contributed by atoms with Gasteiger partial charge in [-0.2, -0.15) is 0 Å². The minimum Gasteiger partial charge on any atom is -0.495 e. The Balaban J connectivity index is 0.00000288. The van der Waals surface area contributed by atoms with Crippen molar-refractivity contribution in [2.45, 2.75) is 6.54 Å². The molecule has 2 aromatic carbocycles. The molecule has 0 saturated carbocycles. The van der Waals surface area contributed by atoms with Crippen LogP contribution in [0.15, 0.2) is 47.5 Å². The summed E-state index contributed by atoms with van der Waals surface area (Å²) in [7, 11) is 5.18. The molecule has 0 radical (unpaired) electrons. The Morgan fingerprint density at radius 1 is 1.25 bits per heavy atom. The van der Waals surface area contributed by atoms with E-state index < -0.39 is 0 Å². The number of ether oxygens (including phenoxy) is 1. The number of hydrogen-bond acceptors (Lipinski definition) is 3. The van der Waals surface area contributed by atoms with E-state index in [1.807, 2.05) is 30.3 Å². The van der Waals surface area contributed by atoms with Gasteiger partial charge in [0.1, 0.15) is 11.6 Å². The monoisotopic (exact) mass is 444 g/mol. The normalized spacial score (nSPS) is 10.8. The number of guanidine groups is 1. The molecule has 0 spiro atoms. The van der Waals surface area contributed by atoms with Crippen LogP contribution in [0.3, 0.4) is 0 Å². The summed E-state index contributed by atoms with van der Waals surface area (Å²) in [5.74, 6) is 0.637. The molecule has 0 amide bonds. The number of nitrogens with two attached hydrogens (primary N) is 1. The van der Waals surface area contributed by atoms with Gasteiger partial charge in [0, 0.05) is 14.1 Å². The molecular weight excluding hydrogens is 422 g/mol. The maximum Gasteiger partial charge on any atom is 0.193 e. The van der Waals surface area contributed by atoms with E-state index >= 15 is 0 Å². The summed E-state index contributed by atoms with van der Waals surface area (Å²) < 4.78 is 19.2. The van der Waals surface area contributed by atoms with Gasteiger partial charge in [0.15, 0.2) is 5.96 Å². The maximum atomic E-state index is 13.9. The van der Waals surface area contributed by atoms with Crippen molar-refractivity contribution in [2.24, 2.45) is 10.7 Å². The fourth-order valence-electron chi connectivity index (χ4n) is 2.11. The van der Waals surface area contributed by atoms with Gasteiger partial charge >= 0.3 is 0 Å². The predicted molar refractivity (Wildman–Crippen MR) is 108 cm³/mol. The molecule has 0 unspecified atom stereocenters. The molecule has 5 nitrogen and oxygen atoms in total. The minimum atomic E-state index is -0.279. The molecule has 2 aromatic rings. The molecule has 0 aliphatic heterocycles. The van der Waals surface area contributed by atoms with Crippen LogP contribution >= 0.6 is 24.0 Å². The lowest BCUT2D eigenvalue weighted by Gasteiger charge is -2.14. The van der Waals surface area contributed by atoms with Gasteiger partial charge in [-0.05, 0) is 29.8 Å². The maximum absolute atomic E-state index is 13.9. The molecule has 0 aliphatic rings. The van der Waals surface area contributed by atoms with Crippen molar-refractivity contribution < 1.29 is 9.13 Å². The van der Waals surface area contributed by atoms with Gasteiger partial charge < -0.3 is 20.7 Å². The van der Waals surface area contributed by atoms with Crippen LogP contribution in [0, 0.1) is 5.82 Å². The van der Waals surface area contributed by atoms with E-state index in [0.29, 0.717) is 18.0 Å². The zero-order valence-electron chi connectivity index (χ0n) is 13.9. The number of nitrogens with zero attached hydrogens (tertiary/aromatic N) is 2. The summed E-state index contributed by atoms with van der Waals surface area (Å²) in [5.41, 5.74) is 7.89. The number of aliphatic imine (C=N–C) groups is 1. The van der Waals surface area contributed by atoms with E-state index in [0.717, 1.165) is 11.3 Å². The SMILES string of the molecule is COc1ccccc1NC(N)=NCc1ccc(N(C)C)c(F)c1.I. The first-order valence-corrected chi connectivity index (χ1v) is 7.17. The fourth-order valence-corrected chi connectivity index (χ4v) is 2.11. The van der Waals surface area contributed by atoms with Gasteiger partial charge in [-0.25, -0.2) is 9.38 Å². The topological polar surface area (TPSA) is 62.9 Å². The van der Waals surface area contributed by atoms with E-state index in [1.165, 1.54) is 6.07 Å². The Labute approximate surface area is 158 Å². The average molecular weight is 444 g/mol. The molecule has 130 valence electrons. The van der Waals surface area contributed by atoms with E-state index in [1.54, 1.807) is 32.2 Å². The summed E-state index contributed by atoms with van der Waals surface area (Å²) in [5, 5.41) is 2.98. The van der Waals surface area contributed by atoms with Crippen molar-refractivity contribution in [2.75, 3.05) is 31.4 Å². The lowest BCUT2D eigenvalue weighted by atomic mass is 10.2. The van der Waals surface area contributed by atoms with Crippen LogP contribution in [-0.4, -0.2) is 27.2 Å². The highest BCUT2D eigenvalue weighted by Gasteiger charge is 2.06. The van der Waals surface area contributed by atoms with E-state index in [-0.39, 0.29) is 35.8 Å². The zero-order valence-corrected chi connectivity index (χ0v) is 16.2. The second kappa shape index (κ2) is 9.31. The molecule has 0 fully saturated rings. The zero-order chi connectivity index (χ0) is 16.8. The van der Waals surface area contributed by atoms with Crippen LogP contribution in [0.2, 0.25) is 0 Å². The Morgan fingerprint density at radius 3 is 2.58 bits per heavy atom. The fraction of sp³-hybridized carbons (Fsp3) is 0.235. The average Bonchev–Trinajstić information content (AvgIpc) is 2.53. The summed E-state index contributed by atoms with van der Waals surface area (Å²) >= 11 is 0. The highest BCUT2D eigenvalue weighted by molar-refractivity contribution is 14.0. The van der Waals surface area contributed by atoms with Crippen LogP contribution in [-0.2, 0) is 6.54 Å². The molecule has 2 rings (SSSR count). The number of hydrogen-bond donors (Lipinski definition) is 2. The summed E-state index contributed by atoms with van der Waals surface area (Å²) in [6.07, 6.45) is 0. The quantitative estimate of drug-likeness (QED) is 0.422. The molecule has 0 aliphatic carbocycles. The number of rotatable bonds is 5. The standard InChI is InChI=1S/C17H21FN4O.HI/c1-22(2)15-9-8-12(10-13(15)18)11-20-17(19)21-14-6-4-5-7-16(14)23-3;/h4-10H,11H2,1-3H3,(H3,19,20,21);1H. The first-order valence-electron chi connectivity index (χ1n) is 7.17. The van der Waals surface area contributed by atoms with Gasteiger partial charge in [-0.3, -0.25) is 0 Å². The third kappa shape index (κ3) is 5.26. The van der Waals surface area contributed by atoms with E-state index in [2.05, 4.69) is 10.3 Å². The Hall–Kier alpha value is -2.03. The Bertz CT molecular complexity index is 707. The summed E-state index contributed by atoms with van der Waals surface area (Å²) in [6.45, 7) is 0.290. The van der Waals surface area contributed by atoms with Gasteiger partial charge in [0.05, 0.1) is 25.0 Å². The number of benzene rings is 2.